The van der Waals surface area contributed by atoms with Gasteiger partial charge in [0.15, 0.2) is 5.96 Å². The zero-order valence-corrected chi connectivity index (χ0v) is 18.0. The number of rotatable bonds is 7. The van der Waals surface area contributed by atoms with Crippen LogP contribution in [0, 0.1) is 13.8 Å². The molecule has 0 radical (unpaired) electrons. The van der Waals surface area contributed by atoms with Crippen LogP contribution >= 0.6 is 0 Å². The topological polar surface area (TPSA) is 74.6 Å². The van der Waals surface area contributed by atoms with Crippen molar-refractivity contribution in [3.8, 4) is 0 Å². The van der Waals surface area contributed by atoms with Crippen LogP contribution in [0.1, 0.15) is 47.8 Å². The van der Waals surface area contributed by atoms with Crippen molar-refractivity contribution in [2.45, 2.75) is 53.2 Å². The molecule has 0 bridgehead atoms. The smallest absolute Gasteiger partial charge is 0.222 e. The summed E-state index contributed by atoms with van der Waals surface area (Å²) < 4.78 is 1.91. The summed E-state index contributed by atoms with van der Waals surface area (Å²) in [6.45, 7) is 9.85. The van der Waals surface area contributed by atoms with Crippen LogP contribution in [0.4, 0.5) is 0 Å². The number of nitrogens with zero attached hydrogens (tertiary/aromatic N) is 4. The molecule has 0 spiro atoms. The third kappa shape index (κ3) is 5.37. The molecular weight excluding hydrogens is 364 g/mol. The highest BCUT2D eigenvalue weighted by Crippen LogP contribution is 2.15. The van der Waals surface area contributed by atoms with E-state index in [0.717, 1.165) is 42.4 Å². The maximum Gasteiger partial charge on any atom is 0.222 e. The second-order valence-electron chi connectivity index (χ2n) is 7.56. The van der Waals surface area contributed by atoms with Gasteiger partial charge >= 0.3 is 0 Å². The first-order chi connectivity index (χ1) is 14.0. The molecule has 1 aromatic heterocycles. The average molecular weight is 397 g/mol. The molecule has 29 heavy (non-hydrogen) atoms. The van der Waals surface area contributed by atoms with E-state index in [0.29, 0.717) is 26.1 Å². The summed E-state index contributed by atoms with van der Waals surface area (Å²) in [5.74, 6) is 1.06. The second kappa shape index (κ2) is 9.58. The minimum absolute atomic E-state index is 0.263. The summed E-state index contributed by atoms with van der Waals surface area (Å²) in [4.78, 5) is 18.4. The fourth-order valence-corrected chi connectivity index (χ4v) is 3.60. The molecule has 1 aliphatic rings. The third-order valence-electron chi connectivity index (χ3n) is 5.42. The van der Waals surface area contributed by atoms with E-state index >= 15 is 0 Å². The molecule has 0 unspecified atom stereocenters. The van der Waals surface area contributed by atoms with Crippen molar-refractivity contribution in [1.82, 2.24) is 25.3 Å². The van der Waals surface area contributed by atoms with Crippen LogP contribution in [0.2, 0.25) is 0 Å². The Kier molecular flexibility index (Phi) is 6.90. The number of amides is 1. The number of aliphatic imine (C=N–C) groups is 1. The maximum absolute atomic E-state index is 11.8. The Hall–Kier alpha value is -2.83. The van der Waals surface area contributed by atoms with Gasteiger partial charge in [-0.2, -0.15) is 5.10 Å². The number of guanidine groups is 1. The summed E-state index contributed by atoms with van der Waals surface area (Å²) >= 11 is 0. The fourth-order valence-electron chi connectivity index (χ4n) is 3.60. The Morgan fingerprint density at radius 3 is 2.48 bits per heavy atom. The maximum atomic E-state index is 11.8. The summed E-state index contributed by atoms with van der Waals surface area (Å²) in [5, 5.41) is 11.2. The van der Waals surface area contributed by atoms with Crippen molar-refractivity contribution < 1.29 is 4.79 Å². The lowest BCUT2D eigenvalue weighted by Crippen LogP contribution is -2.37. The molecule has 3 rings (SSSR count). The molecule has 0 aliphatic carbocycles. The molecule has 2 aromatic rings. The van der Waals surface area contributed by atoms with Crippen LogP contribution in [-0.4, -0.2) is 39.6 Å². The molecule has 156 valence electrons. The van der Waals surface area contributed by atoms with Crippen LogP contribution < -0.4 is 10.6 Å². The van der Waals surface area contributed by atoms with E-state index in [1.807, 2.05) is 23.6 Å². The lowest BCUT2D eigenvalue weighted by Gasteiger charge is -2.15. The number of hydrogen-bond donors (Lipinski definition) is 2. The molecule has 0 saturated carbocycles. The first-order valence-electron chi connectivity index (χ1n) is 10.3. The highest BCUT2D eigenvalue weighted by molar-refractivity contribution is 5.79. The van der Waals surface area contributed by atoms with E-state index < -0.39 is 0 Å². The predicted octanol–water partition coefficient (Wildman–Crippen LogP) is 2.41. The van der Waals surface area contributed by atoms with Crippen LogP contribution in [0.15, 0.2) is 29.3 Å². The first kappa shape index (κ1) is 20.9. The Morgan fingerprint density at radius 1 is 1.17 bits per heavy atom. The van der Waals surface area contributed by atoms with Crippen LogP contribution in [0.25, 0.3) is 0 Å². The van der Waals surface area contributed by atoms with E-state index in [4.69, 9.17) is 4.99 Å². The number of hydrogen-bond acceptors (Lipinski definition) is 3. The van der Waals surface area contributed by atoms with Gasteiger partial charge in [-0.25, -0.2) is 4.99 Å². The van der Waals surface area contributed by atoms with Crippen LogP contribution in [-0.2, 0) is 31.5 Å². The number of nitrogens with one attached hydrogen (secondary N) is 2. The van der Waals surface area contributed by atoms with Crippen molar-refractivity contribution >= 4 is 11.9 Å². The van der Waals surface area contributed by atoms with E-state index in [2.05, 4.69) is 53.8 Å². The van der Waals surface area contributed by atoms with Crippen LogP contribution in [0.3, 0.4) is 0 Å². The Balaban J connectivity index is 1.58. The van der Waals surface area contributed by atoms with Gasteiger partial charge in [-0.15, -0.1) is 0 Å². The van der Waals surface area contributed by atoms with Gasteiger partial charge < -0.3 is 15.5 Å². The quantitative estimate of drug-likeness (QED) is 0.557. The number of aromatic nitrogens is 2. The zero-order valence-electron chi connectivity index (χ0n) is 18.0. The van der Waals surface area contributed by atoms with Gasteiger partial charge in [0.25, 0.3) is 0 Å². The lowest BCUT2D eigenvalue weighted by atomic mass is 10.1. The SMILES string of the molecule is CCNC(=NCc1ccc(CN2CCCC2=O)cc1)NCc1c(C)nn(C)c1C. The van der Waals surface area contributed by atoms with Gasteiger partial charge in [-0.05, 0) is 38.3 Å². The number of likely N-dealkylation sites (tertiary alicyclic amines) is 1. The number of benzene rings is 1. The predicted molar refractivity (Wildman–Crippen MR) is 115 cm³/mol. The lowest BCUT2D eigenvalue weighted by molar-refractivity contribution is -0.128. The summed E-state index contributed by atoms with van der Waals surface area (Å²) in [6.07, 6.45) is 1.66. The van der Waals surface area contributed by atoms with Gasteiger partial charge in [0.2, 0.25) is 5.91 Å². The summed E-state index contributed by atoms with van der Waals surface area (Å²) in [5.41, 5.74) is 5.73. The van der Waals surface area contributed by atoms with Gasteiger partial charge in [-0.3, -0.25) is 9.48 Å². The Bertz CT molecular complexity index is 868. The largest absolute Gasteiger partial charge is 0.357 e. The van der Waals surface area contributed by atoms with E-state index in [1.165, 1.54) is 11.1 Å². The van der Waals surface area contributed by atoms with E-state index in [-0.39, 0.29) is 5.91 Å². The Morgan fingerprint density at radius 2 is 1.90 bits per heavy atom. The second-order valence-corrected chi connectivity index (χ2v) is 7.56. The molecule has 2 N–H and O–H groups in total. The van der Waals surface area contributed by atoms with Gasteiger partial charge in [-0.1, -0.05) is 24.3 Å². The number of aryl methyl sites for hydroxylation is 2. The molecule has 1 saturated heterocycles. The highest BCUT2D eigenvalue weighted by atomic mass is 16.2. The average Bonchev–Trinajstić information content (AvgIpc) is 3.21. The molecular formula is C22H32N6O. The minimum atomic E-state index is 0.263. The molecule has 1 amide bonds. The summed E-state index contributed by atoms with van der Waals surface area (Å²) in [7, 11) is 1.97. The van der Waals surface area contributed by atoms with Gasteiger partial charge in [0.1, 0.15) is 0 Å². The molecule has 0 atom stereocenters. The zero-order chi connectivity index (χ0) is 20.8. The molecule has 7 heteroatoms. The first-order valence-corrected chi connectivity index (χ1v) is 10.3. The number of carbonyl (C=O) groups is 1. The molecule has 7 nitrogen and oxygen atoms in total. The fraction of sp³-hybridized carbons (Fsp3) is 0.500. The van der Waals surface area contributed by atoms with Crippen molar-refractivity contribution in [1.29, 1.82) is 0 Å². The van der Waals surface area contributed by atoms with Gasteiger partial charge in [0, 0.05) is 50.9 Å². The van der Waals surface area contributed by atoms with E-state index in [1.54, 1.807) is 0 Å². The van der Waals surface area contributed by atoms with E-state index in [9.17, 15) is 4.79 Å². The standard InChI is InChI=1S/C22H32N6O/c1-5-23-22(25-14-20-16(2)26-27(4)17(20)3)24-13-18-8-10-19(11-9-18)15-28-12-6-7-21(28)29/h8-11H,5-7,12-15H2,1-4H3,(H2,23,24,25). The minimum Gasteiger partial charge on any atom is -0.357 e. The molecule has 1 aliphatic heterocycles. The number of carbonyl (C=O) groups excluding carboxylic acids is 1. The van der Waals surface area contributed by atoms with Crippen molar-refractivity contribution in [3.63, 3.8) is 0 Å². The molecule has 2 heterocycles. The summed E-state index contributed by atoms with van der Waals surface area (Å²) in [6, 6.07) is 8.38. The van der Waals surface area contributed by atoms with Crippen molar-refractivity contribution in [2.75, 3.05) is 13.1 Å². The monoisotopic (exact) mass is 396 g/mol. The Labute approximate surface area is 173 Å². The van der Waals surface area contributed by atoms with Crippen LogP contribution in [0.5, 0.6) is 0 Å². The van der Waals surface area contributed by atoms with Gasteiger partial charge in [0.05, 0.1) is 12.2 Å². The van der Waals surface area contributed by atoms with Crippen molar-refractivity contribution in [2.24, 2.45) is 12.0 Å². The highest BCUT2D eigenvalue weighted by Gasteiger charge is 2.19. The normalized spacial score (nSPS) is 14.6. The molecule has 1 fully saturated rings. The third-order valence-corrected chi connectivity index (χ3v) is 5.42. The van der Waals surface area contributed by atoms with Crippen molar-refractivity contribution in [3.05, 3.63) is 52.3 Å². The molecule has 1 aromatic carbocycles.